The Balaban J connectivity index is 1.81. The molecule has 0 fully saturated rings. The molecule has 0 atom stereocenters. The SMILES string of the molecule is CC(=O)N(c1nc(CSc2ncn[nH]2)cs1)c1ccccc1F. The quantitative estimate of drug-likeness (QED) is 0.715. The van der Waals surface area contributed by atoms with Gasteiger partial charge in [-0.2, -0.15) is 5.10 Å². The van der Waals surface area contributed by atoms with E-state index in [1.165, 1.54) is 47.3 Å². The normalized spacial score (nSPS) is 10.7. The number of aromatic amines is 1. The van der Waals surface area contributed by atoms with Gasteiger partial charge in [0.15, 0.2) is 10.3 Å². The number of carbonyl (C=O) groups is 1. The maximum atomic E-state index is 14.0. The third-order valence-electron chi connectivity index (χ3n) is 2.89. The first-order chi connectivity index (χ1) is 11.1. The third kappa shape index (κ3) is 3.57. The van der Waals surface area contributed by atoms with Crippen LogP contribution in [0.1, 0.15) is 12.6 Å². The number of para-hydroxylation sites is 1. The number of thiazole rings is 1. The van der Waals surface area contributed by atoms with E-state index in [1.807, 2.05) is 5.38 Å². The van der Waals surface area contributed by atoms with Gasteiger partial charge in [-0.3, -0.25) is 14.8 Å². The molecule has 0 unspecified atom stereocenters. The van der Waals surface area contributed by atoms with Crippen molar-refractivity contribution in [2.45, 2.75) is 17.8 Å². The Labute approximate surface area is 139 Å². The average Bonchev–Trinajstić information content (AvgIpc) is 3.18. The molecular formula is C14H12FN5OS2. The number of nitrogens with one attached hydrogen (secondary N) is 1. The lowest BCUT2D eigenvalue weighted by molar-refractivity contribution is -0.115. The Kier molecular flexibility index (Phi) is 4.68. The molecule has 2 aromatic heterocycles. The number of nitrogens with zero attached hydrogens (tertiary/aromatic N) is 4. The predicted molar refractivity (Wildman–Crippen MR) is 87.3 cm³/mol. The molecule has 0 aliphatic carbocycles. The first-order valence-corrected chi connectivity index (χ1v) is 8.49. The van der Waals surface area contributed by atoms with Crippen LogP contribution in [-0.4, -0.2) is 26.1 Å². The first-order valence-electron chi connectivity index (χ1n) is 6.63. The van der Waals surface area contributed by atoms with E-state index in [0.717, 1.165) is 5.69 Å². The largest absolute Gasteiger partial charge is 0.274 e. The smallest absolute Gasteiger partial charge is 0.230 e. The summed E-state index contributed by atoms with van der Waals surface area (Å²) in [4.78, 5) is 21.7. The molecule has 23 heavy (non-hydrogen) atoms. The van der Waals surface area contributed by atoms with Gasteiger partial charge < -0.3 is 0 Å². The number of thioether (sulfide) groups is 1. The number of halogens is 1. The number of H-pyrrole nitrogens is 1. The van der Waals surface area contributed by atoms with Crippen LogP contribution < -0.4 is 4.90 Å². The number of carbonyl (C=O) groups excluding carboxylic acids is 1. The fourth-order valence-electron chi connectivity index (χ4n) is 1.91. The Morgan fingerprint density at radius 3 is 2.96 bits per heavy atom. The summed E-state index contributed by atoms with van der Waals surface area (Å²) in [6, 6.07) is 6.14. The zero-order valence-corrected chi connectivity index (χ0v) is 13.7. The van der Waals surface area contributed by atoms with E-state index in [4.69, 9.17) is 0 Å². The van der Waals surface area contributed by atoms with E-state index in [9.17, 15) is 9.18 Å². The first kappa shape index (κ1) is 15.6. The van der Waals surface area contributed by atoms with E-state index in [2.05, 4.69) is 20.2 Å². The average molecular weight is 349 g/mol. The van der Waals surface area contributed by atoms with Crippen LogP contribution in [0.3, 0.4) is 0 Å². The highest BCUT2D eigenvalue weighted by molar-refractivity contribution is 7.98. The van der Waals surface area contributed by atoms with Gasteiger partial charge in [0.25, 0.3) is 0 Å². The number of rotatable bonds is 5. The minimum atomic E-state index is -0.463. The molecule has 0 radical (unpaired) electrons. The molecule has 1 aromatic carbocycles. The summed E-state index contributed by atoms with van der Waals surface area (Å²) in [7, 11) is 0. The van der Waals surface area contributed by atoms with Gasteiger partial charge in [0.05, 0.1) is 11.4 Å². The van der Waals surface area contributed by atoms with Crippen molar-refractivity contribution in [1.29, 1.82) is 0 Å². The van der Waals surface area contributed by atoms with E-state index < -0.39 is 5.82 Å². The van der Waals surface area contributed by atoms with Crippen LogP contribution in [0.5, 0.6) is 0 Å². The van der Waals surface area contributed by atoms with E-state index in [0.29, 0.717) is 16.0 Å². The second-order valence-electron chi connectivity index (χ2n) is 4.51. The second-order valence-corrected chi connectivity index (χ2v) is 6.31. The van der Waals surface area contributed by atoms with Crippen molar-refractivity contribution in [3.05, 3.63) is 47.5 Å². The van der Waals surface area contributed by atoms with Gasteiger partial charge in [0.1, 0.15) is 12.1 Å². The number of amides is 1. The number of hydrogen-bond acceptors (Lipinski definition) is 6. The molecule has 2 heterocycles. The Hall–Kier alpha value is -2.26. The Morgan fingerprint density at radius 2 is 2.26 bits per heavy atom. The van der Waals surface area contributed by atoms with Crippen molar-refractivity contribution >= 4 is 39.8 Å². The number of aromatic nitrogens is 4. The molecule has 3 aromatic rings. The van der Waals surface area contributed by atoms with E-state index in [1.54, 1.807) is 18.2 Å². The summed E-state index contributed by atoms with van der Waals surface area (Å²) in [5.41, 5.74) is 0.984. The van der Waals surface area contributed by atoms with Crippen molar-refractivity contribution in [1.82, 2.24) is 20.2 Å². The molecule has 1 N–H and O–H groups in total. The molecule has 0 bridgehead atoms. The minimum Gasteiger partial charge on any atom is -0.274 e. The number of anilines is 2. The highest BCUT2D eigenvalue weighted by Crippen LogP contribution is 2.31. The van der Waals surface area contributed by atoms with Crippen molar-refractivity contribution in [2.75, 3.05) is 4.90 Å². The molecule has 3 rings (SSSR count). The van der Waals surface area contributed by atoms with Crippen molar-refractivity contribution in [2.24, 2.45) is 0 Å². The summed E-state index contributed by atoms with van der Waals surface area (Å²) >= 11 is 2.74. The van der Waals surface area contributed by atoms with Crippen molar-refractivity contribution in [3.8, 4) is 0 Å². The maximum absolute atomic E-state index is 14.0. The van der Waals surface area contributed by atoms with Crippen LogP contribution in [0.2, 0.25) is 0 Å². The highest BCUT2D eigenvalue weighted by Gasteiger charge is 2.20. The molecule has 0 aliphatic heterocycles. The van der Waals surface area contributed by atoms with Crippen LogP contribution >= 0.6 is 23.1 Å². The minimum absolute atomic E-state index is 0.198. The van der Waals surface area contributed by atoms with Gasteiger partial charge in [-0.05, 0) is 12.1 Å². The standard InChI is InChI=1S/C14H12FN5OS2/c1-9(21)20(12-5-3-2-4-11(12)15)14-18-10(7-23-14)6-22-13-16-8-17-19-13/h2-5,7-8H,6H2,1H3,(H,16,17,19). The van der Waals surface area contributed by atoms with Crippen LogP contribution in [-0.2, 0) is 10.5 Å². The molecule has 0 spiro atoms. The molecule has 0 saturated carbocycles. The lowest BCUT2D eigenvalue weighted by Crippen LogP contribution is -2.23. The topological polar surface area (TPSA) is 74.8 Å². The fourth-order valence-corrected chi connectivity index (χ4v) is 3.57. The van der Waals surface area contributed by atoms with Gasteiger partial charge in [0, 0.05) is 18.1 Å². The van der Waals surface area contributed by atoms with Gasteiger partial charge in [-0.1, -0.05) is 23.9 Å². The van der Waals surface area contributed by atoms with Gasteiger partial charge in [-0.15, -0.1) is 11.3 Å². The second kappa shape index (κ2) is 6.88. The molecule has 6 nitrogen and oxygen atoms in total. The monoisotopic (exact) mass is 349 g/mol. The fraction of sp³-hybridized carbons (Fsp3) is 0.143. The predicted octanol–water partition coefficient (Wildman–Crippen LogP) is 3.38. The number of hydrogen-bond donors (Lipinski definition) is 1. The van der Waals surface area contributed by atoms with Crippen LogP contribution in [0.4, 0.5) is 15.2 Å². The highest BCUT2D eigenvalue weighted by atomic mass is 32.2. The van der Waals surface area contributed by atoms with Gasteiger partial charge in [-0.25, -0.2) is 14.4 Å². The van der Waals surface area contributed by atoms with E-state index in [-0.39, 0.29) is 11.6 Å². The summed E-state index contributed by atoms with van der Waals surface area (Å²) in [5, 5.41) is 9.50. The van der Waals surface area contributed by atoms with Crippen LogP contribution in [0, 0.1) is 5.82 Å². The Morgan fingerprint density at radius 1 is 1.43 bits per heavy atom. The summed E-state index contributed by atoms with van der Waals surface area (Å²) < 4.78 is 14.0. The lowest BCUT2D eigenvalue weighted by Gasteiger charge is -2.18. The zero-order chi connectivity index (χ0) is 16.2. The summed E-state index contributed by atoms with van der Waals surface area (Å²) in [6.45, 7) is 1.39. The zero-order valence-electron chi connectivity index (χ0n) is 12.1. The lowest BCUT2D eigenvalue weighted by atomic mass is 10.3. The number of benzene rings is 1. The summed E-state index contributed by atoms with van der Waals surface area (Å²) in [6.07, 6.45) is 1.43. The van der Waals surface area contributed by atoms with Gasteiger partial charge >= 0.3 is 0 Å². The van der Waals surface area contributed by atoms with Crippen molar-refractivity contribution in [3.63, 3.8) is 0 Å². The molecule has 118 valence electrons. The molecule has 9 heteroatoms. The summed E-state index contributed by atoms with van der Waals surface area (Å²) in [5.74, 6) is -0.177. The molecular weight excluding hydrogens is 337 g/mol. The van der Waals surface area contributed by atoms with Crippen LogP contribution in [0.25, 0.3) is 0 Å². The molecule has 0 saturated heterocycles. The van der Waals surface area contributed by atoms with Crippen molar-refractivity contribution < 1.29 is 9.18 Å². The van der Waals surface area contributed by atoms with E-state index >= 15 is 0 Å². The van der Waals surface area contributed by atoms with Crippen LogP contribution in [0.15, 0.2) is 41.1 Å². The van der Waals surface area contributed by atoms with Gasteiger partial charge in [0.2, 0.25) is 5.91 Å². The molecule has 0 aliphatic rings. The Bertz CT molecular complexity index is 805. The molecule has 1 amide bonds. The third-order valence-corrected chi connectivity index (χ3v) is 4.67. The maximum Gasteiger partial charge on any atom is 0.230 e.